The summed E-state index contributed by atoms with van der Waals surface area (Å²) in [5.41, 5.74) is 0. The molecule has 0 aromatic heterocycles. The van der Waals surface area contributed by atoms with Gasteiger partial charge in [0.05, 0.1) is 13.2 Å². The molecule has 4 nitrogen and oxygen atoms in total. The van der Waals surface area contributed by atoms with Gasteiger partial charge in [0.15, 0.2) is 0 Å². The molecule has 0 aromatic carbocycles. The highest BCUT2D eigenvalue weighted by atomic mass is 79.9. The Hall–Kier alpha value is -0.130. The number of halogens is 1. The lowest BCUT2D eigenvalue weighted by molar-refractivity contribution is -0.121. The number of nitrogens with one attached hydrogen (secondary N) is 1. The van der Waals surface area contributed by atoms with E-state index in [1.165, 1.54) is 0 Å². The number of unbranched alkanes of at least 4 members (excludes halogenated alkanes) is 1. The van der Waals surface area contributed by atoms with Gasteiger partial charge in [-0.05, 0) is 19.3 Å². The van der Waals surface area contributed by atoms with Crippen LogP contribution in [-0.2, 0) is 9.53 Å². The number of rotatable bonds is 10. The minimum Gasteiger partial charge on any atom is -0.394 e. The summed E-state index contributed by atoms with van der Waals surface area (Å²) in [6.07, 6.45) is 3.36. The molecule has 15 heavy (non-hydrogen) atoms. The molecule has 5 heteroatoms. The van der Waals surface area contributed by atoms with Gasteiger partial charge in [-0.2, -0.15) is 0 Å². The molecule has 0 aliphatic carbocycles. The van der Waals surface area contributed by atoms with Gasteiger partial charge in [-0.25, -0.2) is 0 Å². The molecule has 0 atom stereocenters. The SMILES string of the molecule is O=C(CCCCBr)NCCCOCCO. The van der Waals surface area contributed by atoms with Gasteiger partial charge in [0.1, 0.15) is 0 Å². The number of aliphatic hydroxyl groups excluding tert-OH is 1. The van der Waals surface area contributed by atoms with Crippen LogP contribution in [0.2, 0.25) is 0 Å². The zero-order valence-electron chi connectivity index (χ0n) is 9.01. The van der Waals surface area contributed by atoms with Crippen molar-refractivity contribution in [1.29, 1.82) is 0 Å². The summed E-state index contributed by atoms with van der Waals surface area (Å²) in [5, 5.41) is 12.2. The maximum Gasteiger partial charge on any atom is 0.219 e. The summed E-state index contributed by atoms with van der Waals surface area (Å²) < 4.78 is 5.06. The van der Waals surface area contributed by atoms with Gasteiger partial charge in [-0.15, -0.1) is 0 Å². The number of carbonyl (C=O) groups excluding carboxylic acids is 1. The van der Waals surface area contributed by atoms with E-state index in [1.807, 2.05) is 0 Å². The highest BCUT2D eigenvalue weighted by Gasteiger charge is 1.99. The van der Waals surface area contributed by atoms with Crippen LogP contribution in [0, 0.1) is 0 Å². The van der Waals surface area contributed by atoms with Crippen molar-refractivity contribution in [3.05, 3.63) is 0 Å². The second kappa shape index (κ2) is 11.9. The highest BCUT2D eigenvalue weighted by Crippen LogP contribution is 1.98. The lowest BCUT2D eigenvalue weighted by Crippen LogP contribution is -2.25. The molecule has 90 valence electrons. The summed E-state index contributed by atoms with van der Waals surface area (Å²) in [5.74, 6) is 0.109. The largest absolute Gasteiger partial charge is 0.394 e. The van der Waals surface area contributed by atoms with Gasteiger partial charge in [0.2, 0.25) is 5.91 Å². The molecule has 2 N–H and O–H groups in total. The topological polar surface area (TPSA) is 58.6 Å². The van der Waals surface area contributed by atoms with E-state index in [0.717, 1.165) is 24.6 Å². The first-order valence-corrected chi connectivity index (χ1v) is 6.44. The summed E-state index contributed by atoms with van der Waals surface area (Å²) in [6, 6.07) is 0. The smallest absolute Gasteiger partial charge is 0.219 e. The van der Waals surface area contributed by atoms with E-state index < -0.39 is 0 Å². The molecular weight excluding hydrogens is 262 g/mol. The first kappa shape index (κ1) is 14.9. The highest BCUT2D eigenvalue weighted by molar-refractivity contribution is 9.09. The Labute approximate surface area is 99.5 Å². The van der Waals surface area contributed by atoms with Crippen molar-refractivity contribution >= 4 is 21.8 Å². The van der Waals surface area contributed by atoms with Crippen LogP contribution in [0.25, 0.3) is 0 Å². The van der Waals surface area contributed by atoms with Crippen LogP contribution < -0.4 is 5.32 Å². The predicted octanol–water partition coefficient (Wildman–Crippen LogP) is 1.07. The van der Waals surface area contributed by atoms with Gasteiger partial charge in [-0.3, -0.25) is 4.79 Å². The second-order valence-electron chi connectivity index (χ2n) is 3.19. The van der Waals surface area contributed by atoms with Crippen molar-refractivity contribution in [2.75, 3.05) is 31.7 Å². The number of carbonyl (C=O) groups is 1. The van der Waals surface area contributed by atoms with E-state index in [9.17, 15) is 4.79 Å². The molecule has 0 heterocycles. The first-order chi connectivity index (χ1) is 7.31. The molecule has 0 bridgehead atoms. The second-order valence-corrected chi connectivity index (χ2v) is 3.98. The van der Waals surface area contributed by atoms with E-state index in [4.69, 9.17) is 9.84 Å². The fraction of sp³-hybridized carbons (Fsp3) is 0.900. The third-order valence-corrected chi connectivity index (χ3v) is 2.37. The molecule has 0 aliphatic rings. The monoisotopic (exact) mass is 281 g/mol. The first-order valence-electron chi connectivity index (χ1n) is 5.32. The molecule has 1 amide bonds. The van der Waals surface area contributed by atoms with Gasteiger partial charge in [-0.1, -0.05) is 15.9 Å². The molecule has 0 rings (SSSR count). The van der Waals surface area contributed by atoms with Crippen LogP contribution in [0.15, 0.2) is 0 Å². The minimum atomic E-state index is 0.0545. The van der Waals surface area contributed by atoms with Crippen molar-refractivity contribution < 1.29 is 14.6 Å². The van der Waals surface area contributed by atoms with E-state index in [0.29, 0.717) is 26.2 Å². The number of amides is 1. The maximum atomic E-state index is 11.2. The van der Waals surface area contributed by atoms with Crippen molar-refractivity contribution in [3.63, 3.8) is 0 Å². The van der Waals surface area contributed by atoms with Crippen LogP contribution in [0.4, 0.5) is 0 Å². The molecule has 0 spiro atoms. The standard InChI is InChI=1S/C10H20BrNO3/c11-5-2-1-4-10(14)12-6-3-8-15-9-7-13/h13H,1-9H2,(H,12,14). The molecular formula is C10H20BrNO3. The van der Waals surface area contributed by atoms with Crippen molar-refractivity contribution in [1.82, 2.24) is 5.32 Å². The lowest BCUT2D eigenvalue weighted by Gasteiger charge is -2.05. The predicted molar refractivity (Wildman–Crippen MR) is 63.2 cm³/mol. The van der Waals surface area contributed by atoms with Gasteiger partial charge in [0, 0.05) is 24.9 Å². The molecule has 0 saturated carbocycles. The Balaban J connectivity index is 3.10. The van der Waals surface area contributed by atoms with E-state index in [1.54, 1.807) is 0 Å². The zero-order chi connectivity index (χ0) is 11.4. The van der Waals surface area contributed by atoms with Crippen LogP contribution >= 0.6 is 15.9 Å². The number of hydrogen-bond acceptors (Lipinski definition) is 3. The molecule has 0 radical (unpaired) electrons. The van der Waals surface area contributed by atoms with Crippen LogP contribution in [0.3, 0.4) is 0 Å². The Morgan fingerprint density at radius 3 is 2.73 bits per heavy atom. The summed E-state index contributed by atoms with van der Waals surface area (Å²) in [4.78, 5) is 11.2. The molecule has 0 aliphatic heterocycles. The van der Waals surface area contributed by atoms with Crippen LogP contribution in [-0.4, -0.2) is 42.7 Å². The van der Waals surface area contributed by atoms with Crippen LogP contribution in [0.1, 0.15) is 25.7 Å². The molecule has 0 saturated heterocycles. The Morgan fingerprint density at radius 1 is 1.27 bits per heavy atom. The molecule has 0 aromatic rings. The quantitative estimate of drug-likeness (QED) is 0.465. The van der Waals surface area contributed by atoms with E-state index in [-0.39, 0.29) is 12.5 Å². The van der Waals surface area contributed by atoms with Gasteiger partial charge < -0.3 is 15.2 Å². The Kier molecular flexibility index (Phi) is 11.8. The summed E-state index contributed by atoms with van der Waals surface area (Å²) in [6.45, 7) is 1.67. The van der Waals surface area contributed by atoms with Crippen molar-refractivity contribution in [2.24, 2.45) is 0 Å². The number of aliphatic hydroxyl groups is 1. The normalized spacial score (nSPS) is 10.3. The Morgan fingerprint density at radius 2 is 2.07 bits per heavy atom. The average Bonchev–Trinajstić information content (AvgIpc) is 2.23. The third kappa shape index (κ3) is 11.8. The number of alkyl halides is 1. The molecule has 0 unspecified atom stereocenters. The van der Waals surface area contributed by atoms with E-state index >= 15 is 0 Å². The number of hydrogen-bond donors (Lipinski definition) is 2. The average molecular weight is 282 g/mol. The minimum absolute atomic E-state index is 0.0545. The Bertz CT molecular complexity index is 156. The zero-order valence-corrected chi connectivity index (χ0v) is 10.6. The van der Waals surface area contributed by atoms with Crippen molar-refractivity contribution in [2.45, 2.75) is 25.7 Å². The fourth-order valence-electron chi connectivity index (χ4n) is 1.04. The molecule has 0 fully saturated rings. The van der Waals surface area contributed by atoms with Gasteiger partial charge >= 0.3 is 0 Å². The fourth-order valence-corrected chi connectivity index (χ4v) is 1.43. The van der Waals surface area contributed by atoms with E-state index in [2.05, 4.69) is 21.2 Å². The lowest BCUT2D eigenvalue weighted by atomic mass is 10.2. The maximum absolute atomic E-state index is 11.2. The third-order valence-electron chi connectivity index (χ3n) is 1.81. The number of ether oxygens (including phenoxy) is 1. The summed E-state index contributed by atoms with van der Waals surface area (Å²) in [7, 11) is 0. The van der Waals surface area contributed by atoms with Gasteiger partial charge in [0.25, 0.3) is 0 Å². The van der Waals surface area contributed by atoms with Crippen LogP contribution in [0.5, 0.6) is 0 Å². The van der Waals surface area contributed by atoms with Crippen molar-refractivity contribution in [3.8, 4) is 0 Å². The summed E-state index contributed by atoms with van der Waals surface area (Å²) >= 11 is 3.32.